The number of rotatable bonds is 4. The first kappa shape index (κ1) is 23.9. The molecule has 0 radical (unpaired) electrons. The SMILES string of the molecule is C=[N+]1C=Cc2c([s+][c-]3c(C(C)(CC)CC)cccc23)[C-]1c1cc(C(C)(C)C)c2ccccc2c1C. The normalized spacial score (nSPS) is 14.3. The van der Waals surface area contributed by atoms with Gasteiger partial charge in [0, 0.05) is 0 Å². The predicted molar refractivity (Wildman–Crippen MR) is 155 cm³/mol. The van der Waals surface area contributed by atoms with Crippen LogP contribution in [0.3, 0.4) is 0 Å². The molecule has 0 spiro atoms. The fourth-order valence-corrected chi connectivity index (χ4v) is 7.15. The minimum atomic E-state index is 0.0410. The van der Waals surface area contributed by atoms with Crippen molar-refractivity contribution in [3.63, 3.8) is 0 Å². The Kier molecular flexibility index (Phi) is 5.72. The van der Waals surface area contributed by atoms with Crippen molar-refractivity contribution >= 4 is 45.0 Å². The second kappa shape index (κ2) is 8.38. The summed E-state index contributed by atoms with van der Waals surface area (Å²) >= 11 is 1.95. The van der Waals surface area contributed by atoms with Gasteiger partial charge in [-0.25, -0.2) is 0 Å². The molecule has 0 saturated carbocycles. The van der Waals surface area contributed by atoms with E-state index in [0.29, 0.717) is 0 Å². The molecule has 0 atom stereocenters. The van der Waals surface area contributed by atoms with E-state index >= 15 is 0 Å². The number of thiophene rings is 1. The minimum absolute atomic E-state index is 0.0410. The first-order valence-corrected chi connectivity index (χ1v) is 13.7. The lowest BCUT2D eigenvalue weighted by Crippen LogP contribution is -2.20. The summed E-state index contributed by atoms with van der Waals surface area (Å²) in [5.41, 5.74) is 7.03. The van der Waals surface area contributed by atoms with Crippen molar-refractivity contribution in [2.75, 3.05) is 0 Å². The molecule has 4 aromatic rings. The van der Waals surface area contributed by atoms with Crippen molar-refractivity contribution in [3.8, 4) is 0 Å². The molecule has 0 saturated heterocycles. The quantitative estimate of drug-likeness (QED) is 0.156. The highest BCUT2D eigenvalue weighted by molar-refractivity contribution is 7.20. The van der Waals surface area contributed by atoms with E-state index in [1.54, 1.807) is 0 Å². The summed E-state index contributed by atoms with van der Waals surface area (Å²) in [5, 5.41) is 4.05. The Labute approximate surface area is 214 Å². The van der Waals surface area contributed by atoms with Crippen LogP contribution in [-0.2, 0) is 10.8 Å². The maximum atomic E-state index is 4.46. The van der Waals surface area contributed by atoms with Gasteiger partial charge in [-0.1, -0.05) is 95.3 Å². The van der Waals surface area contributed by atoms with Gasteiger partial charge in [-0.3, -0.25) is 4.58 Å². The van der Waals surface area contributed by atoms with Crippen LogP contribution in [0.15, 0.2) is 54.7 Å². The second-order valence-corrected chi connectivity index (χ2v) is 12.3. The average molecular weight is 480 g/mol. The van der Waals surface area contributed by atoms with E-state index in [1.807, 2.05) is 11.3 Å². The monoisotopic (exact) mass is 479 g/mol. The minimum Gasteiger partial charge on any atom is -0.257 e. The molecular weight excluding hydrogens is 442 g/mol. The van der Waals surface area contributed by atoms with Crippen LogP contribution in [0.5, 0.6) is 0 Å². The average Bonchev–Trinajstić information content (AvgIpc) is 3.22. The van der Waals surface area contributed by atoms with E-state index in [4.69, 9.17) is 0 Å². The molecule has 5 rings (SSSR count). The molecule has 180 valence electrons. The maximum Gasteiger partial charge on any atom is 0.197 e. The fraction of sp³-hybridized carbons (Fsp3) is 0.333. The molecule has 0 aliphatic carbocycles. The molecule has 1 nitrogen and oxygen atoms in total. The van der Waals surface area contributed by atoms with Gasteiger partial charge in [0.15, 0.2) is 15.6 Å². The van der Waals surface area contributed by atoms with Gasteiger partial charge in [0.25, 0.3) is 0 Å². The first-order chi connectivity index (χ1) is 16.6. The zero-order chi connectivity index (χ0) is 25.1. The van der Waals surface area contributed by atoms with Crippen LogP contribution in [0.1, 0.15) is 87.1 Å². The van der Waals surface area contributed by atoms with E-state index in [1.165, 1.54) is 59.6 Å². The number of benzene rings is 3. The van der Waals surface area contributed by atoms with Crippen LogP contribution in [0.4, 0.5) is 0 Å². The number of hydrogen-bond acceptors (Lipinski definition) is 0. The smallest absolute Gasteiger partial charge is 0.197 e. The van der Waals surface area contributed by atoms with E-state index in [9.17, 15) is 0 Å². The molecule has 35 heavy (non-hydrogen) atoms. The lowest BCUT2D eigenvalue weighted by Gasteiger charge is -2.28. The van der Waals surface area contributed by atoms with Gasteiger partial charge in [0.1, 0.15) is 17.5 Å². The van der Waals surface area contributed by atoms with Crippen molar-refractivity contribution in [1.82, 2.24) is 0 Å². The summed E-state index contributed by atoms with van der Waals surface area (Å²) < 4.78 is 3.51. The summed E-state index contributed by atoms with van der Waals surface area (Å²) in [6, 6.07) is 19.4. The Morgan fingerprint density at radius 1 is 0.943 bits per heavy atom. The molecule has 1 aromatic heterocycles. The van der Waals surface area contributed by atoms with Gasteiger partial charge in [-0.15, -0.1) is 18.2 Å². The second-order valence-electron chi connectivity index (χ2n) is 11.3. The van der Waals surface area contributed by atoms with Crippen molar-refractivity contribution < 1.29 is 4.58 Å². The van der Waals surface area contributed by atoms with Crippen LogP contribution in [0.25, 0.3) is 26.9 Å². The van der Waals surface area contributed by atoms with Crippen molar-refractivity contribution in [2.45, 2.75) is 72.1 Å². The third-order valence-electron chi connectivity index (χ3n) is 8.27. The fourth-order valence-electron chi connectivity index (χ4n) is 5.62. The molecule has 1 aliphatic rings. The van der Waals surface area contributed by atoms with E-state index in [2.05, 4.69) is 121 Å². The molecule has 0 bridgehead atoms. The maximum absolute atomic E-state index is 4.46. The summed E-state index contributed by atoms with van der Waals surface area (Å²) in [6.45, 7) is 20.7. The molecular formula is C33H37NS. The highest BCUT2D eigenvalue weighted by Gasteiger charge is 2.36. The van der Waals surface area contributed by atoms with E-state index < -0.39 is 0 Å². The van der Waals surface area contributed by atoms with Crippen LogP contribution in [0.2, 0.25) is 0 Å². The molecule has 0 N–H and O–H groups in total. The number of nitrogens with zero attached hydrogens (tertiary/aromatic N) is 1. The Bertz CT molecular complexity index is 1490. The van der Waals surface area contributed by atoms with E-state index in [-0.39, 0.29) is 10.8 Å². The molecule has 0 unspecified atom stereocenters. The number of fused-ring (bicyclic) bond motifs is 4. The number of hydrogen-bond donors (Lipinski definition) is 0. The molecule has 1 aliphatic heterocycles. The largest absolute Gasteiger partial charge is 0.257 e. The molecule has 2 heterocycles. The molecule has 0 fully saturated rings. The summed E-state index contributed by atoms with van der Waals surface area (Å²) in [7, 11) is 0. The highest BCUT2D eigenvalue weighted by atomic mass is 32.1. The van der Waals surface area contributed by atoms with Crippen LogP contribution in [-0.4, -0.2) is 11.3 Å². The molecule has 0 amide bonds. The predicted octanol–water partition coefficient (Wildman–Crippen LogP) is 9.36. The van der Waals surface area contributed by atoms with Gasteiger partial charge < -0.3 is 0 Å². The Balaban J connectivity index is 1.81. The lowest BCUT2D eigenvalue weighted by atomic mass is 9.77. The van der Waals surface area contributed by atoms with Crippen molar-refractivity contribution in [1.29, 1.82) is 0 Å². The standard InChI is InChI=1S/C33H37NS/c1-9-33(7,10-2)27-17-13-16-24-25-18-19-34(8)29(31(25)35-30(24)27)26-20-28(32(4,5)6)23-15-12-11-14-22(23)21(26)3/h11-20H,8-10H2,1-7H3. The van der Waals surface area contributed by atoms with Gasteiger partial charge in [-0.2, -0.15) is 0 Å². The van der Waals surface area contributed by atoms with Gasteiger partial charge in [0.05, 0.1) is 6.72 Å². The third kappa shape index (κ3) is 3.65. The Morgan fingerprint density at radius 2 is 1.63 bits per heavy atom. The van der Waals surface area contributed by atoms with Crippen molar-refractivity contribution in [3.05, 3.63) is 93.5 Å². The number of aryl methyl sites for hydroxylation is 1. The summed E-state index contributed by atoms with van der Waals surface area (Å²) in [6.07, 6.45) is 6.67. The van der Waals surface area contributed by atoms with Gasteiger partial charge in [0.2, 0.25) is 0 Å². The molecule has 2 heteroatoms. The van der Waals surface area contributed by atoms with Crippen molar-refractivity contribution in [2.24, 2.45) is 0 Å². The lowest BCUT2D eigenvalue weighted by molar-refractivity contribution is -0.417. The molecule has 3 aromatic carbocycles. The van der Waals surface area contributed by atoms with Gasteiger partial charge >= 0.3 is 0 Å². The zero-order valence-electron chi connectivity index (χ0n) is 22.3. The van der Waals surface area contributed by atoms with Crippen LogP contribution >= 0.6 is 11.3 Å². The third-order valence-corrected chi connectivity index (χ3v) is 9.53. The van der Waals surface area contributed by atoms with Crippen LogP contribution in [0, 0.1) is 13.0 Å². The van der Waals surface area contributed by atoms with E-state index in [0.717, 1.165) is 12.8 Å². The van der Waals surface area contributed by atoms with Crippen LogP contribution < -0.4 is 0 Å². The Hall–Kier alpha value is -2.84. The zero-order valence-corrected chi connectivity index (χ0v) is 23.1. The Morgan fingerprint density at radius 3 is 2.29 bits per heavy atom. The summed E-state index contributed by atoms with van der Waals surface area (Å²) in [5.74, 6) is 0. The van der Waals surface area contributed by atoms with Gasteiger partial charge in [-0.05, 0) is 57.2 Å². The topological polar surface area (TPSA) is 3.01 Å². The summed E-state index contributed by atoms with van der Waals surface area (Å²) in [4.78, 5) is 1.33. The highest BCUT2D eigenvalue weighted by Crippen LogP contribution is 2.48. The first-order valence-electron chi connectivity index (χ1n) is 12.8.